The lowest BCUT2D eigenvalue weighted by molar-refractivity contribution is 0.600. The first-order valence-corrected chi connectivity index (χ1v) is 16.4. The fraction of sp³-hybridized carbons (Fsp3) is 0.0769. The number of benzene rings is 4. The van der Waals surface area contributed by atoms with E-state index in [1.807, 2.05) is 60.7 Å². The SMILES string of the molecule is CS(=O)(=O)c1ccc(Br)c(Cl)c1-c1ccccc1.CS(=O)(=O)c1ccc(Br)c(Cl)c1-c1ccccc1. The van der Waals surface area contributed by atoms with Gasteiger partial charge in [-0.05, 0) is 67.3 Å². The molecule has 188 valence electrons. The van der Waals surface area contributed by atoms with E-state index in [1.54, 1.807) is 24.3 Å². The van der Waals surface area contributed by atoms with Crippen LogP contribution in [0.4, 0.5) is 0 Å². The van der Waals surface area contributed by atoms with E-state index in [4.69, 9.17) is 23.2 Å². The first-order valence-electron chi connectivity index (χ1n) is 10.3. The van der Waals surface area contributed by atoms with E-state index >= 15 is 0 Å². The number of halogens is 4. The van der Waals surface area contributed by atoms with Crippen molar-refractivity contribution in [3.05, 3.63) is 104 Å². The lowest BCUT2D eigenvalue weighted by atomic mass is 10.1. The van der Waals surface area contributed by atoms with Crippen molar-refractivity contribution >= 4 is 74.7 Å². The van der Waals surface area contributed by atoms with E-state index < -0.39 is 19.7 Å². The minimum atomic E-state index is -3.33. The van der Waals surface area contributed by atoms with Gasteiger partial charge in [0.05, 0.1) is 19.8 Å². The third kappa shape index (κ3) is 6.79. The maximum atomic E-state index is 11.8. The molecule has 4 aromatic carbocycles. The molecule has 4 aromatic rings. The quantitative estimate of drug-likeness (QED) is 0.216. The predicted molar refractivity (Wildman–Crippen MR) is 155 cm³/mol. The molecule has 0 saturated heterocycles. The van der Waals surface area contributed by atoms with Crippen LogP contribution in [0.2, 0.25) is 10.0 Å². The van der Waals surface area contributed by atoms with Gasteiger partial charge in [-0.25, -0.2) is 16.8 Å². The van der Waals surface area contributed by atoms with Crippen LogP contribution in [0.15, 0.2) is 104 Å². The Bertz CT molecular complexity index is 1490. The van der Waals surface area contributed by atoms with Crippen molar-refractivity contribution in [3.8, 4) is 22.3 Å². The third-order valence-electron chi connectivity index (χ3n) is 5.04. The van der Waals surface area contributed by atoms with Gasteiger partial charge in [-0.15, -0.1) is 0 Å². The lowest BCUT2D eigenvalue weighted by Crippen LogP contribution is -2.00. The van der Waals surface area contributed by atoms with Gasteiger partial charge in [-0.3, -0.25) is 0 Å². The molecule has 0 unspecified atom stereocenters. The summed E-state index contributed by atoms with van der Waals surface area (Å²) in [6, 6.07) is 24.9. The van der Waals surface area contributed by atoms with Gasteiger partial charge in [0.25, 0.3) is 0 Å². The molecule has 0 fully saturated rings. The van der Waals surface area contributed by atoms with Crippen LogP contribution in [0, 0.1) is 0 Å². The zero-order valence-electron chi connectivity index (χ0n) is 19.0. The molecule has 0 amide bonds. The van der Waals surface area contributed by atoms with Crippen molar-refractivity contribution < 1.29 is 16.8 Å². The largest absolute Gasteiger partial charge is 0.224 e. The minimum absolute atomic E-state index is 0.238. The molecule has 4 nitrogen and oxygen atoms in total. The fourth-order valence-electron chi connectivity index (χ4n) is 3.43. The minimum Gasteiger partial charge on any atom is -0.224 e. The molecule has 0 N–H and O–H groups in total. The number of rotatable bonds is 4. The third-order valence-corrected chi connectivity index (χ3v) is 9.88. The van der Waals surface area contributed by atoms with Crippen LogP contribution in [0.3, 0.4) is 0 Å². The molecule has 0 atom stereocenters. The Morgan fingerprint density at radius 3 is 1.11 bits per heavy atom. The molecule has 0 bridgehead atoms. The van der Waals surface area contributed by atoms with Gasteiger partial charge in [-0.1, -0.05) is 83.9 Å². The molecule has 0 aliphatic heterocycles. The topological polar surface area (TPSA) is 68.3 Å². The summed E-state index contributed by atoms with van der Waals surface area (Å²) in [6.07, 6.45) is 2.36. The van der Waals surface area contributed by atoms with Gasteiger partial charge in [-0.2, -0.15) is 0 Å². The van der Waals surface area contributed by atoms with Gasteiger partial charge in [0.2, 0.25) is 0 Å². The standard InChI is InChI=1S/2C13H10BrClO2S/c2*1-18(16,17)11-8-7-10(14)13(15)12(11)9-5-3-2-4-6-9/h2*2-8H,1H3. The maximum Gasteiger partial charge on any atom is 0.176 e. The van der Waals surface area contributed by atoms with Gasteiger partial charge >= 0.3 is 0 Å². The highest BCUT2D eigenvalue weighted by Gasteiger charge is 2.20. The van der Waals surface area contributed by atoms with E-state index in [0.717, 1.165) is 11.1 Å². The molecule has 0 spiro atoms. The smallest absolute Gasteiger partial charge is 0.176 e. The van der Waals surface area contributed by atoms with Crippen LogP contribution < -0.4 is 0 Å². The average Bonchev–Trinajstić information content (AvgIpc) is 2.82. The van der Waals surface area contributed by atoms with Crippen molar-refractivity contribution in [3.63, 3.8) is 0 Å². The summed E-state index contributed by atoms with van der Waals surface area (Å²) >= 11 is 19.1. The van der Waals surface area contributed by atoms with Crippen LogP contribution in [0.25, 0.3) is 22.3 Å². The molecule has 0 aromatic heterocycles. The molecule has 36 heavy (non-hydrogen) atoms. The molecule has 0 aliphatic rings. The van der Waals surface area contributed by atoms with Gasteiger partial charge < -0.3 is 0 Å². The Kier molecular flexibility index (Phi) is 9.46. The Hall–Kier alpha value is -1.68. The van der Waals surface area contributed by atoms with Crippen molar-refractivity contribution in [1.29, 1.82) is 0 Å². The van der Waals surface area contributed by atoms with Crippen molar-refractivity contribution in [2.24, 2.45) is 0 Å². The summed E-state index contributed by atoms with van der Waals surface area (Å²) in [5, 5.41) is 0.813. The van der Waals surface area contributed by atoms with Crippen LogP contribution in [0.5, 0.6) is 0 Å². The highest BCUT2D eigenvalue weighted by molar-refractivity contribution is 9.10. The van der Waals surface area contributed by atoms with Gasteiger partial charge in [0, 0.05) is 32.6 Å². The molecular weight excluding hydrogens is 671 g/mol. The normalized spacial score (nSPS) is 11.5. The van der Waals surface area contributed by atoms with Crippen LogP contribution >= 0.6 is 55.1 Å². The van der Waals surface area contributed by atoms with Crippen molar-refractivity contribution in [2.45, 2.75) is 9.79 Å². The number of hydrogen-bond donors (Lipinski definition) is 0. The van der Waals surface area contributed by atoms with Crippen molar-refractivity contribution in [1.82, 2.24) is 0 Å². The lowest BCUT2D eigenvalue weighted by Gasteiger charge is -2.11. The zero-order chi connectivity index (χ0) is 26.7. The first-order chi connectivity index (χ1) is 16.8. The van der Waals surface area contributed by atoms with E-state index in [-0.39, 0.29) is 9.79 Å². The molecule has 4 rings (SSSR count). The Balaban J connectivity index is 0.000000201. The molecule has 0 heterocycles. The van der Waals surface area contributed by atoms with E-state index in [9.17, 15) is 16.8 Å². The van der Waals surface area contributed by atoms with E-state index in [2.05, 4.69) is 31.9 Å². The second kappa shape index (κ2) is 11.8. The summed E-state index contributed by atoms with van der Waals surface area (Å²) in [5.74, 6) is 0. The molecule has 0 radical (unpaired) electrons. The van der Waals surface area contributed by atoms with E-state index in [1.165, 1.54) is 12.5 Å². The molecule has 0 aliphatic carbocycles. The molecule has 10 heteroatoms. The number of sulfone groups is 2. The predicted octanol–water partition coefficient (Wildman–Crippen LogP) is 8.35. The number of hydrogen-bond acceptors (Lipinski definition) is 4. The van der Waals surface area contributed by atoms with Crippen LogP contribution in [-0.2, 0) is 19.7 Å². The van der Waals surface area contributed by atoms with Crippen LogP contribution in [-0.4, -0.2) is 29.3 Å². The fourth-order valence-corrected chi connectivity index (χ4v) is 6.56. The Morgan fingerprint density at radius 2 is 0.833 bits per heavy atom. The molecule has 0 saturated carbocycles. The summed E-state index contributed by atoms with van der Waals surface area (Å²) in [7, 11) is -6.65. The zero-order valence-corrected chi connectivity index (χ0v) is 25.4. The van der Waals surface area contributed by atoms with Crippen LogP contribution in [0.1, 0.15) is 0 Å². The second-order valence-electron chi connectivity index (χ2n) is 7.75. The average molecular weight is 691 g/mol. The maximum absolute atomic E-state index is 11.8. The summed E-state index contributed by atoms with van der Waals surface area (Å²) in [4.78, 5) is 0.476. The Morgan fingerprint density at radius 1 is 0.528 bits per heavy atom. The molecular formula is C26H20Br2Cl2O4S2. The van der Waals surface area contributed by atoms with Crippen molar-refractivity contribution in [2.75, 3.05) is 12.5 Å². The second-order valence-corrected chi connectivity index (χ2v) is 14.2. The van der Waals surface area contributed by atoms with Gasteiger partial charge in [0.15, 0.2) is 19.7 Å². The highest BCUT2D eigenvalue weighted by atomic mass is 79.9. The summed E-state index contributed by atoms with van der Waals surface area (Å²) < 4.78 is 48.6. The van der Waals surface area contributed by atoms with Gasteiger partial charge in [0.1, 0.15) is 0 Å². The highest BCUT2D eigenvalue weighted by Crippen LogP contribution is 2.39. The van der Waals surface area contributed by atoms with E-state index in [0.29, 0.717) is 30.1 Å². The monoisotopic (exact) mass is 688 g/mol. The summed E-state index contributed by atoms with van der Waals surface area (Å²) in [6.45, 7) is 0. The first kappa shape index (κ1) is 28.9. The Labute approximate surface area is 238 Å². The summed E-state index contributed by atoms with van der Waals surface area (Å²) in [5.41, 5.74) is 2.64.